The van der Waals surface area contributed by atoms with Gasteiger partial charge in [-0.3, -0.25) is 14.5 Å². The molecule has 3 rings (SSSR count). The molecule has 4 atom stereocenters. The van der Waals surface area contributed by atoms with Crippen LogP contribution in [0.4, 0.5) is 0 Å². The summed E-state index contributed by atoms with van der Waals surface area (Å²) in [6.07, 6.45) is 3.47. The van der Waals surface area contributed by atoms with Crippen LogP contribution in [0.1, 0.15) is 0 Å². The number of hydrogen-bond donors (Lipinski definition) is 0. The zero-order valence-corrected chi connectivity index (χ0v) is 9.17. The number of imide groups is 1. The van der Waals surface area contributed by atoms with Crippen LogP contribution in [0.5, 0.6) is 0 Å². The predicted molar refractivity (Wildman–Crippen MR) is 53.4 cm³/mol. The van der Waals surface area contributed by atoms with Crippen LogP contribution in [-0.4, -0.2) is 49.2 Å². The molecule has 3 heterocycles. The number of amides is 2. The molecule has 2 bridgehead atoms. The highest BCUT2D eigenvalue weighted by atomic mass is 16.6. The highest BCUT2D eigenvalue weighted by Crippen LogP contribution is 2.51. The summed E-state index contributed by atoms with van der Waals surface area (Å²) in [5.74, 6) is -1.04. The van der Waals surface area contributed by atoms with Gasteiger partial charge in [-0.1, -0.05) is 12.2 Å². The lowest BCUT2D eigenvalue weighted by atomic mass is 9.77. The third kappa shape index (κ3) is 0.929. The molecule has 5 heteroatoms. The zero-order valence-electron chi connectivity index (χ0n) is 9.17. The molecule has 0 aromatic carbocycles. The number of methoxy groups -OCH3 is 1. The maximum Gasteiger partial charge on any atom is 0.236 e. The van der Waals surface area contributed by atoms with Crippen LogP contribution in [0.25, 0.3) is 0 Å². The third-order valence-corrected chi connectivity index (χ3v) is 3.75. The van der Waals surface area contributed by atoms with E-state index in [1.54, 1.807) is 7.11 Å². The van der Waals surface area contributed by atoms with E-state index in [0.29, 0.717) is 6.61 Å². The minimum absolute atomic E-state index is 0.137. The van der Waals surface area contributed by atoms with Crippen molar-refractivity contribution in [1.82, 2.24) is 4.90 Å². The van der Waals surface area contributed by atoms with Gasteiger partial charge in [0.05, 0.1) is 24.5 Å². The molecule has 5 nitrogen and oxygen atoms in total. The summed E-state index contributed by atoms with van der Waals surface area (Å²) in [7, 11) is 3.10. The Bertz CT molecular complexity index is 405. The lowest BCUT2D eigenvalue weighted by Crippen LogP contribution is -2.43. The van der Waals surface area contributed by atoms with Gasteiger partial charge in [-0.2, -0.15) is 0 Å². The number of ether oxygens (including phenoxy) is 2. The van der Waals surface area contributed by atoms with E-state index in [1.807, 2.05) is 12.2 Å². The van der Waals surface area contributed by atoms with Crippen molar-refractivity contribution in [3.8, 4) is 0 Å². The van der Waals surface area contributed by atoms with E-state index in [4.69, 9.17) is 9.47 Å². The largest absolute Gasteiger partial charge is 0.381 e. The fraction of sp³-hybridized carbons (Fsp3) is 0.636. The van der Waals surface area contributed by atoms with Crippen molar-refractivity contribution in [2.75, 3.05) is 20.8 Å². The standard InChI is InChI=1S/C11H13NO4/c1-12-9(13)7-6-3-4-11(16-6,5-15-2)8(7)10(12)14/h3-4,6-8H,5H2,1-2H3. The van der Waals surface area contributed by atoms with Gasteiger partial charge in [-0.15, -0.1) is 0 Å². The second-order valence-electron chi connectivity index (χ2n) is 4.57. The first-order chi connectivity index (χ1) is 7.60. The van der Waals surface area contributed by atoms with Crippen LogP contribution in [0.2, 0.25) is 0 Å². The van der Waals surface area contributed by atoms with Crippen molar-refractivity contribution in [3.63, 3.8) is 0 Å². The molecule has 0 N–H and O–H groups in total. The van der Waals surface area contributed by atoms with Crippen molar-refractivity contribution in [2.24, 2.45) is 11.8 Å². The second-order valence-corrected chi connectivity index (χ2v) is 4.57. The minimum atomic E-state index is -0.721. The van der Waals surface area contributed by atoms with Crippen molar-refractivity contribution >= 4 is 11.8 Å². The van der Waals surface area contributed by atoms with Gasteiger partial charge in [0.2, 0.25) is 11.8 Å². The first kappa shape index (κ1) is 9.99. The Kier molecular flexibility index (Phi) is 1.83. The summed E-state index contributed by atoms with van der Waals surface area (Å²) >= 11 is 0. The smallest absolute Gasteiger partial charge is 0.236 e. The Morgan fingerprint density at radius 1 is 1.50 bits per heavy atom. The van der Waals surface area contributed by atoms with Crippen LogP contribution in [-0.2, 0) is 19.1 Å². The van der Waals surface area contributed by atoms with Gasteiger partial charge in [-0.25, -0.2) is 0 Å². The molecule has 0 saturated carbocycles. The molecular weight excluding hydrogens is 210 g/mol. The quantitative estimate of drug-likeness (QED) is 0.471. The van der Waals surface area contributed by atoms with Crippen molar-refractivity contribution in [3.05, 3.63) is 12.2 Å². The molecule has 3 aliphatic heterocycles. The number of carbonyl (C=O) groups is 2. The average molecular weight is 223 g/mol. The van der Waals surface area contributed by atoms with Gasteiger partial charge in [0.15, 0.2) is 0 Å². The van der Waals surface area contributed by atoms with Crippen LogP contribution in [0.15, 0.2) is 12.2 Å². The number of carbonyl (C=O) groups excluding carboxylic acids is 2. The third-order valence-electron chi connectivity index (χ3n) is 3.75. The van der Waals surface area contributed by atoms with Crippen LogP contribution < -0.4 is 0 Å². The lowest BCUT2D eigenvalue weighted by molar-refractivity contribution is -0.143. The second kappa shape index (κ2) is 2.93. The summed E-state index contributed by atoms with van der Waals surface area (Å²) in [4.78, 5) is 25.1. The fourth-order valence-electron chi connectivity index (χ4n) is 3.04. The summed E-state index contributed by atoms with van der Waals surface area (Å²) in [6.45, 7) is 0.314. The Balaban J connectivity index is 2.04. The van der Waals surface area contributed by atoms with Crippen molar-refractivity contribution in [2.45, 2.75) is 11.7 Å². The summed E-state index contributed by atoms with van der Waals surface area (Å²) < 4.78 is 10.9. The van der Waals surface area contributed by atoms with E-state index in [0.717, 1.165) is 0 Å². The molecular formula is C11H13NO4. The highest BCUT2D eigenvalue weighted by molar-refractivity contribution is 6.06. The first-order valence-electron chi connectivity index (χ1n) is 5.28. The molecule has 0 aromatic heterocycles. The van der Waals surface area contributed by atoms with E-state index in [9.17, 15) is 9.59 Å². The molecule has 86 valence electrons. The fourth-order valence-corrected chi connectivity index (χ4v) is 3.04. The Morgan fingerprint density at radius 3 is 2.94 bits per heavy atom. The number of fused-ring (bicyclic) bond motifs is 5. The lowest BCUT2D eigenvalue weighted by Gasteiger charge is -2.27. The van der Waals surface area contributed by atoms with Gasteiger partial charge < -0.3 is 9.47 Å². The molecule has 0 spiro atoms. The number of rotatable bonds is 2. The molecule has 0 radical (unpaired) electrons. The summed E-state index contributed by atoms with van der Waals surface area (Å²) in [5.41, 5.74) is -0.721. The first-order valence-corrected chi connectivity index (χ1v) is 5.28. The van der Waals surface area contributed by atoms with Crippen molar-refractivity contribution < 1.29 is 19.1 Å². The average Bonchev–Trinajstić information content (AvgIpc) is 2.86. The van der Waals surface area contributed by atoms with E-state index in [1.165, 1.54) is 11.9 Å². The van der Waals surface area contributed by atoms with E-state index >= 15 is 0 Å². The molecule has 2 fully saturated rings. The topological polar surface area (TPSA) is 55.8 Å². The van der Waals surface area contributed by atoms with Gasteiger partial charge in [-0.05, 0) is 0 Å². The normalized spacial score (nSPS) is 44.6. The molecule has 0 aromatic rings. The molecule has 2 amide bonds. The number of hydrogen-bond acceptors (Lipinski definition) is 4. The molecule has 2 saturated heterocycles. The van der Waals surface area contributed by atoms with E-state index < -0.39 is 11.5 Å². The van der Waals surface area contributed by atoms with Gasteiger partial charge >= 0.3 is 0 Å². The maximum atomic E-state index is 12.0. The van der Waals surface area contributed by atoms with Gasteiger partial charge in [0.25, 0.3) is 0 Å². The highest BCUT2D eigenvalue weighted by Gasteiger charge is 2.66. The van der Waals surface area contributed by atoms with E-state index in [2.05, 4.69) is 0 Å². The minimum Gasteiger partial charge on any atom is -0.381 e. The Hall–Kier alpha value is -1.20. The summed E-state index contributed by atoms with van der Waals surface area (Å²) in [5, 5.41) is 0. The summed E-state index contributed by atoms with van der Waals surface area (Å²) in [6, 6.07) is 0. The van der Waals surface area contributed by atoms with E-state index in [-0.39, 0.29) is 23.8 Å². The number of likely N-dealkylation sites (tertiary alicyclic amines) is 1. The SMILES string of the molecule is COCC12C=CC(O1)C1C(=O)N(C)C(=O)C12. The molecule has 3 aliphatic rings. The predicted octanol–water partition coefficient (Wildman–Crippen LogP) is -0.429. The van der Waals surface area contributed by atoms with Crippen LogP contribution in [0, 0.1) is 11.8 Å². The van der Waals surface area contributed by atoms with Crippen molar-refractivity contribution in [1.29, 1.82) is 0 Å². The van der Waals surface area contributed by atoms with Gasteiger partial charge in [0.1, 0.15) is 5.60 Å². The Morgan fingerprint density at radius 2 is 2.25 bits per heavy atom. The van der Waals surface area contributed by atoms with Crippen LogP contribution in [0.3, 0.4) is 0 Å². The number of nitrogens with zero attached hydrogens (tertiary/aromatic N) is 1. The Labute approximate surface area is 93.0 Å². The molecule has 16 heavy (non-hydrogen) atoms. The zero-order chi connectivity index (χ0) is 11.5. The molecule has 4 unspecified atom stereocenters. The molecule has 0 aliphatic carbocycles. The monoisotopic (exact) mass is 223 g/mol. The van der Waals surface area contributed by atoms with Crippen LogP contribution >= 0.6 is 0 Å². The van der Waals surface area contributed by atoms with Gasteiger partial charge in [0, 0.05) is 14.2 Å². The maximum absolute atomic E-state index is 12.0.